The largest absolute Gasteiger partial charge is 0.394 e. The van der Waals surface area contributed by atoms with Crippen LogP contribution in [0.2, 0.25) is 0 Å². The molecule has 0 spiro atoms. The van der Waals surface area contributed by atoms with Gasteiger partial charge >= 0.3 is 0 Å². The molecule has 1 aromatic rings. The summed E-state index contributed by atoms with van der Waals surface area (Å²) in [6, 6.07) is 5.76. The van der Waals surface area contributed by atoms with E-state index in [-0.39, 0.29) is 5.91 Å². The van der Waals surface area contributed by atoms with Gasteiger partial charge in [0.05, 0.1) is 11.3 Å². The van der Waals surface area contributed by atoms with E-state index >= 15 is 0 Å². The monoisotopic (exact) mass is 471 g/mol. The SMILES string of the molecule is C/C=C\C1=C(C)C(=N\OCCN2CCNCC2)/C(=C2/C(=O)Nc3ccc(Br)cc32)N1. The molecule has 30 heavy (non-hydrogen) atoms. The maximum absolute atomic E-state index is 12.8. The Morgan fingerprint density at radius 3 is 2.83 bits per heavy atom. The minimum Gasteiger partial charge on any atom is -0.394 e. The number of hydrogen-bond acceptors (Lipinski definition) is 6. The van der Waals surface area contributed by atoms with Gasteiger partial charge in [0.1, 0.15) is 12.3 Å². The van der Waals surface area contributed by atoms with Crippen molar-refractivity contribution in [2.45, 2.75) is 13.8 Å². The summed E-state index contributed by atoms with van der Waals surface area (Å²) < 4.78 is 0.915. The molecule has 3 N–H and O–H groups in total. The van der Waals surface area contributed by atoms with Gasteiger partial charge in [-0.1, -0.05) is 27.2 Å². The summed E-state index contributed by atoms with van der Waals surface area (Å²) in [5.41, 5.74) is 5.44. The normalized spacial score (nSPS) is 23.3. The van der Waals surface area contributed by atoms with Crippen LogP contribution < -0.4 is 16.0 Å². The molecule has 3 heterocycles. The number of piperazine rings is 1. The van der Waals surface area contributed by atoms with Crippen LogP contribution in [-0.2, 0) is 9.63 Å². The van der Waals surface area contributed by atoms with Crippen molar-refractivity contribution >= 4 is 38.8 Å². The molecule has 0 aliphatic carbocycles. The molecule has 0 radical (unpaired) electrons. The molecule has 4 rings (SSSR count). The van der Waals surface area contributed by atoms with Crippen molar-refractivity contribution in [2.75, 3.05) is 44.6 Å². The molecule has 0 aromatic heterocycles. The Bertz CT molecular complexity index is 974. The number of allylic oxidation sites excluding steroid dienone is 3. The molecule has 0 unspecified atom stereocenters. The number of carbonyl (C=O) groups is 1. The average molecular weight is 472 g/mol. The molecule has 0 bridgehead atoms. The van der Waals surface area contributed by atoms with Crippen LogP contribution >= 0.6 is 15.9 Å². The number of amides is 1. The highest BCUT2D eigenvalue weighted by Gasteiger charge is 2.34. The number of rotatable bonds is 5. The van der Waals surface area contributed by atoms with E-state index in [2.05, 4.69) is 41.9 Å². The smallest absolute Gasteiger partial charge is 0.258 e. The molecule has 1 aromatic carbocycles. The van der Waals surface area contributed by atoms with Gasteiger partial charge in [0.2, 0.25) is 0 Å². The van der Waals surface area contributed by atoms with Gasteiger partial charge in [-0.15, -0.1) is 0 Å². The predicted molar refractivity (Wildman–Crippen MR) is 123 cm³/mol. The van der Waals surface area contributed by atoms with Gasteiger partial charge in [0.25, 0.3) is 5.91 Å². The molecular weight excluding hydrogens is 446 g/mol. The zero-order chi connectivity index (χ0) is 21.1. The van der Waals surface area contributed by atoms with Crippen LogP contribution in [0, 0.1) is 0 Å². The lowest BCUT2D eigenvalue weighted by Gasteiger charge is -2.26. The van der Waals surface area contributed by atoms with Crippen LogP contribution in [0.25, 0.3) is 5.57 Å². The van der Waals surface area contributed by atoms with Gasteiger partial charge < -0.3 is 20.8 Å². The molecule has 1 amide bonds. The highest BCUT2D eigenvalue weighted by Crippen LogP contribution is 2.38. The molecule has 3 aliphatic rings. The Morgan fingerprint density at radius 1 is 1.27 bits per heavy atom. The second-order valence-corrected chi connectivity index (χ2v) is 8.34. The number of anilines is 1. The summed E-state index contributed by atoms with van der Waals surface area (Å²) in [5, 5.41) is 14.1. The number of hydrogen-bond donors (Lipinski definition) is 3. The van der Waals surface area contributed by atoms with Crippen LogP contribution in [0.4, 0.5) is 5.69 Å². The molecular formula is C22H26BrN5O2. The molecule has 0 atom stereocenters. The number of halogens is 1. The quantitative estimate of drug-likeness (QED) is 0.349. The fraction of sp³-hybridized carbons (Fsp3) is 0.364. The fourth-order valence-electron chi connectivity index (χ4n) is 3.83. The number of benzene rings is 1. The van der Waals surface area contributed by atoms with Gasteiger partial charge in [0.15, 0.2) is 0 Å². The first-order valence-electron chi connectivity index (χ1n) is 10.2. The van der Waals surface area contributed by atoms with Crippen molar-refractivity contribution in [1.29, 1.82) is 0 Å². The van der Waals surface area contributed by atoms with E-state index in [1.54, 1.807) is 0 Å². The molecule has 0 saturated carbocycles. The first kappa shape index (κ1) is 20.8. The summed E-state index contributed by atoms with van der Waals surface area (Å²) in [6.45, 7) is 9.34. The highest BCUT2D eigenvalue weighted by atomic mass is 79.9. The minimum atomic E-state index is -0.145. The fourth-order valence-corrected chi connectivity index (χ4v) is 4.19. The van der Waals surface area contributed by atoms with E-state index in [0.717, 1.165) is 59.7 Å². The van der Waals surface area contributed by atoms with Gasteiger partial charge in [0, 0.05) is 59.7 Å². The lowest BCUT2D eigenvalue weighted by molar-refractivity contribution is -0.110. The molecule has 8 heteroatoms. The maximum atomic E-state index is 12.8. The molecule has 7 nitrogen and oxygen atoms in total. The Hall–Kier alpha value is -2.42. The summed E-state index contributed by atoms with van der Waals surface area (Å²) in [7, 11) is 0. The summed E-state index contributed by atoms with van der Waals surface area (Å²) in [6.07, 6.45) is 3.94. The van der Waals surface area contributed by atoms with Gasteiger partial charge in [-0.25, -0.2) is 0 Å². The first-order chi connectivity index (χ1) is 14.6. The van der Waals surface area contributed by atoms with E-state index in [9.17, 15) is 4.79 Å². The van der Waals surface area contributed by atoms with Crippen LogP contribution in [0.15, 0.2) is 56.9 Å². The van der Waals surface area contributed by atoms with E-state index in [0.29, 0.717) is 23.6 Å². The maximum Gasteiger partial charge on any atom is 0.258 e. The minimum absolute atomic E-state index is 0.145. The summed E-state index contributed by atoms with van der Waals surface area (Å²) >= 11 is 3.51. The second-order valence-electron chi connectivity index (χ2n) is 7.42. The van der Waals surface area contributed by atoms with Crippen molar-refractivity contribution in [3.8, 4) is 0 Å². The standard InChI is InChI=1S/C22H26BrN5O2/c1-3-4-17-14(2)20(27-30-12-11-28-9-7-24-8-10-28)21(25-17)19-16-13-15(23)5-6-18(16)26-22(19)29/h3-6,13,24-25H,7-12H2,1-2H3,(H,26,29)/b4-3-,21-19-,27-20+. The van der Waals surface area contributed by atoms with E-state index < -0.39 is 0 Å². The van der Waals surface area contributed by atoms with Gasteiger partial charge in [-0.05, 0) is 38.1 Å². The second kappa shape index (κ2) is 9.16. The highest BCUT2D eigenvalue weighted by molar-refractivity contribution is 9.10. The average Bonchev–Trinajstić information content (AvgIpc) is 3.22. The Labute approximate surface area is 185 Å². The summed E-state index contributed by atoms with van der Waals surface area (Å²) in [4.78, 5) is 20.9. The van der Waals surface area contributed by atoms with E-state index in [1.165, 1.54) is 0 Å². The lowest BCUT2D eigenvalue weighted by Crippen LogP contribution is -2.44. The van der Waals surface area contributed by atoms with Gasteiger partial charge in [-0.2, -0.15) is 0 Å². The van der Waals surface area contributed by atoms with Crippen molar-refractivity contribution < 1.29 is 9.63 Å². The Balaban J connectivity index is 1.62. The summed E-state index contributed by atoms with van der Waals surface area (Å²) in [5.74, 6) is -0.145. The van der Waals surface area contributed by atoms with E-state index in [1.807, 2.05) is 44.2 Å². The lowest BCUT2D eigenvalue weighted by atomic mass is 10.0. The van der Waals surface area contributed by atoms with Crippen molar-refractivity contribution in [2.24, 2.45) is 5.16 Å². The molecule has 1 fully saturated rings. The number of nitrogens with zero attached hydrogens (tertiary/aromatic N) is 2. The van der Waals surface area contributed by atoms with Gasteiger partial charge in [-0.3, -0.25) is 9.69 Å². The zero-order valence-corrected chi connectivity index (χ0v) is 18.8. The Kier molecular flexibility index (Phi) is 6.36. The third-order valence-electron chi connectivity index (χ3n) is 5.43. The van der Waals surface area contributed by atoms with Crippen molar-refractivity contribution in [3.63, 3.8) is 0 Å². The predicted octanol–water partition coefficient (Wildman–Crippen LogP) is 2.84. The third kappa shape index (κ3) is 4.21. The molecule has 158 valence electrons. The zero-order valence-electron chi connectivity index (χ0n) is 17.2. The molecule has 1 saturated heterocycles. The Morgan fingerprint density at radius 2 is 2.07 bits per heavy atom. The van der Waals surface area contributed by atoms with Crippen LogP contribution in [0.1, 0.15) is 19.4 Å². The van der Waals surface area contributed by atoms with Crippen LogP contribution in [0.3, 0.4) is 0 Å². The van der Waals surface area contributed by atoms with Crippen molar-refractivity contribution in [3.05, 3.63) is 57.4 Å². The van der Waals surface area contributed by atoms with E-state index in [4.69, 9.17) is 4.84 Å². The number of fused-ring (bicyclic) bond motifs is 1. The van der Waals surface area contributed by atoms with Crippen LogP contribution in [0.5, 0.6) is 0 Å². The number of carbonyl (C=O) groups excluding carboxylic acids is 1. The number of nitrogens with one attached hydrogen (secondary N) is 3. The topological polar surface area (TPSA) is 78.0 Å². The first-order valence-corrected chi connectivity index (χ1v) is 11.0. The molecule has 3 aliphatic heterocycles. The van der Waals surface area contributed by atoms with Crippen LogP contribution in [-0.4, -0.2) is 55.8 Å². The third-order valence-corrected chi connectivity index (χ3v) is 5.92. The van der Waals surface area contributed by atoms with Crippen molar-refractivity contribution in [1.82, 2.24) is 15.5 Å². The number of oxime groups is 1.